The first-order valence-corrected chi connectivity index (χ1v) is 5.85. The predicted octanol–water partition coefficient (Wildman–Crippen LogP) is 2.95. The van der Waals surface area contributed by atoms with Crippen molar-refractivity contribution in [3.05, 3.63) is 74.3 Å². The number of hydrogen-bond donors (Lipinski definition) is 1. The molecule has 21 heavy (non-hydrogen) atoms. The first-order valence-electron chi connectivity index (χ1n) is 5.85. The van der Waals surface area contributed by atoms with Crippen LogP contribution in [-0.4, -0.2) is 16.1 Å². The monoisotopic (exact) mass is 286 g/mol. The molecule has 0 amide bonds. The molecule has 0 saturated heterocycles. The highest BCUT2D eigenvalue weighted by Crippen LogP contribution is 2.28. The van der Waals surface area contributed by atoms with E-state index in [0.29, 0.717) is 0 Å². The molecule has 106 valence electrons. The summed E-state index contributed by atoms with van der Waals surface area (Å²) >= 11 is 0. The molecule has 0 aliphatic carbocycles. The van der Waals surface area contributed by atoms with E-state index in [9.17, 15) is 20.2 Å². The number of non-ortho nitro benzene ring substituents is 1. The Bertz CT molecular complexity index is 701. The first kappa shape index (κ1) is 14.1. The Morgan fingerprint density at radius 2 is 1.71 bits per heavy atom. The summed E-state index contributed by atoms with van der Waals surface area (Å²) in [5.41, 5.74) is 2.65. The Morgan fingerprint density at radius 1 is 1.00 bits per heavy atom. The molecule has 0 aromatic heterocycles. The molecule has 0 bridgehead atoms. The van der Waals surface area contributed by atoms with Crippen molar-refractivity contribution in [1.82, 2.24) is 0 Å². The van der Waals surface area contributed by atoms with E-state index in [1.54, 1.807) is 0 Å². The number of rotatable bonds is 5. The molecule has 0 heterocycles. The molecule has 8 nitrogen and oxygen atoms in total. The van der Waals surface area contributed by atoms with E-state index in [4.69, 9.17) is 0 Å². The zero-order valence-corrected chi connectivity index (χ0v) is 10.7. The molecule has 0 spiro atoms. The van der Waals surface area contributed by atoms with Gasteiger partial charge in [0, 0.05) is 6.07 Å². The van der Waals surface area contributed by atoms with E-state index in [1.807, 2.05) is 30.3 Å². The van der Waals surface area contributed by atoms with E-state index in [1.165, 1.54) is 18.3 Å². The van der Waals surface area contributed by atoms with Gasteiger partial charge in [-0.15, -0.1) is 0 Å². The van der Waals surface area contributed by atoms with Gasteiger partial charge < -0.3 is 0 Å². The molecule has 8 heteroatoms. The molecule has 0 aliphatic rings. The molecule has 0 radical (unpaired) electrons. The van der Waals surface area contributed by atoms with Crippen LogP contribution in [0.4, 0.5) is 17.1 Å². The van der Waals surface area contributed by atoms with Gasteiger partial charge in [0.15, 0.2) is 0 Å². The van der Waals surface area contributed by atoms with E-state index < -0.39 is 15.5 Å². The van der Waals surface area contributed by atoms with Crippen molar-refractivity contribution in [3.8, 4) is 0 Å². The summed E-state index contributed by atoms with van der Waals surface area (Å²) in [4.78, 5) is 20.1. The minimum atomic E-state index is -0.701. The van der Waals surface area contributed by atoms with Crippen LogP contribution in [-0.2, 0) is 0 Å². The minimum Gasteiger partial charge on any atom is -0.272 e. The van der Waals surface area contributed by atoms with Crippen molar-refractivity contribution in [1.29, 1.82) is 0 Å². The lowest BCUT2D eigenvalue weighted by Gasteiger charge is -2.01. The standard InChI is InChI=1S/C13H10N4O4/c18-16(19)11-6-7-12(13(8-11)17(20)21)15-14-9-10-4-2-1-3-5-10/h1-9,15H/b14-9-. The first-order chi connectivity index (χ1) is 10.1. The maximum absolute atomic E-state index is 10.9. The van der Waals surface area contributed by atoms with Crippen molar-refractivity contribution < 1.29 is 9.85 Å². The van der Waals surface area contributed by atoms with Crippen LogP contribution >= 0.6 is 0 Å². The van der Waals surface area contributed by atoms with Crippen molar-refractivity contribution in [2.24, 2.45) is 5.10 Å². The molecule has 2 aromatic rings. The quantitative estimate of drug-likeness (QED) is 0.516. The van der Waals surface area contributed by atoms with Crippen molar-refractivity contribution in [2.75, 3.05) is 5.43 Å². The molecule has 2 aromatic carbocycles. The fourth-order valence-electron chi connectivity index (χ4n) is 1.59. The average molecular weight is 286 g/mol. The lowest BCUT2D eigenvalue weighted by molar-refractivity contribution is -0.393. The van der Waals surface area contributed by atoms with Crippen LogP contribution in [0.1, 0.15) is 5.56 Å². The summed E-state index contributed by atoms with van der Waals surface area (Å²) in [5.74, 6) is 0. The van der Waals surface area contributed by atoms with E-state index >= 15 is 0 Å². The highest BCUT2D eigenvalue weighted by atomic mass is 16.6. The molecule has 2 rings (SSSR count). The molecule has 1 N–H and O–H groups in total. The highest BCUT2D eigenvalue weighted by Gasteiger charge is 2.18. The number of hydrogen-bond acceptors (Lipinski definition) is 6. The predicted molar refractivity (Wildman–Crippen MR) is 77.4 cm³/mol. The van der Waals surface area contributed by atoms with Gasteiger partial charge in [-0.25, -0.2) is 0 Å². The molecular weight excluding hydrogens is 276 g/mol. The van der Waals surface area contributed by atoms with Crippen LogP contribution in [0, 0.1) is 20.2 Å². The SMILES string of the molecule is O=[N+]([O-])c1ccc(N/N=C\c2ccccc2)c([N+](=O)[O-])c1. The summed E-state index contributed by atoms with van der Waals surface area (Å²) in [6.45, 7) is 0. The molecular formula is C13H10N4O4. The Hall–Kier alpha value is -3.29. The maximum atomic E-state index is 10.9. The third-order valence-electron chi connectivity index (χ3n) is 2.59. The smallest absolute Gasteiger partial charge is 0.272 e. The van der Waals surface area contributed by atoms with E-state index in [0.717, 1.165) is 11.6 Å². The second kappa shape index (κ2) is 6.24. The number of hydrazone groups is 1. The van der Waals surface area contributed by atoms with Crippen LogP contribution in [0.15, 0.2) is 53.6 Å². The Labute approximate surface area is 119 Å². The van der Waals surface area contributed by atoms with Gasteiger partial charge in [0.1, 0.15) is 5.69 Å². The van der Waals surface area contributed by atoms with Crippen LogP contribution in [0.25, 0.3) is 0 Å². The van der Waals surface area contributed by atoms with Gasteiger partial charge >= 0.3 is 5.69 Å². The second-order valence-corrected chi connectivity index (χ2v) is 4.00. The van der Waals surface area contributed by atoms with Gasteiger partial charge in [-0.1, -0.05) is 30.3 Å². The Balaban J connectivity index is 2.22. The van der Waals surface area contributed by atoms with Crippen LogP contribution in [0.2, 0.25) is 0 Å². The maximum Gasteiger partial charge on any atom is 0.301 e. The average Bonchev–Trinajstić information content (AvgIpc) is 2.48. The van der Waals surface area contributed by atoms with Gasteiger partial charge in [0.2, 0.25) is 0 Å². The number of nitro groups is 2. The molecule has 0 saturated carbocycles. The van der Waals surface area contributed by atoms with Crippen LogP contribution in [0.5, 0.6) is 0 Å². The molecule has 0 aliphatic heterocycles. The summed E-state index contributed by atoms with van der Waals surface area (Å²) in [7, 11) is 0. The Morgan fingerprint density at radius 3 is 2.33 bits per heavy atom. The number of nitrogens with zero attached hydrogens (tertiary/aromatic N) is 3. The summed E-state index contributed by atoms with van der Waals surface area (Å²) < 4.78 is 0. The van der Waals surface area contributed by atoms with Crippen molar-refractivity contribution >= 4 is 23.3 Å². The number of anilines is 1. The number of nitro benzene ring substituents is 2. The zero-order chi connectivity index (χ0) is 15.2. The van der Waals surface area contributed by atoms with Gasteiger partial charge in [-0.2, -0.15) is 5.10 Å². The normalized spacial score (nSPS) is 10.5. The highest BCUT2D eigenvalue weighted by molar-refractivity contribution is 5.80. The van der Waals surface area contributed by atoms with Crippen molar-refractivity contribution in [2.45, 2.75) is 0 Å². The number of benzene rings is 2. The summed E-state index contributed by atoms with van der Waals surface area (Å²) in [6.07, 6.45) is 1.49. The van der Waals surface area contributed by atoms with Crippen molar-refractivity contribution in [3.63, 3.8) is 0 Å². The molecule has 0 fully saturated rings. The molecule has 0 unspecified atom stereocenters. The van der Waals surface area contributed by atoms with Gasteiger partial charge in [0.05, 0.1) is 22.1 Å². The van der Waals surface area contributed by atoms with Gasteiger partial charge in [-0.3, -0.25) is 25.7 Å². The summed E-state index contributed by atoms with van der Waals surface area (Å²) in [6, 6.07) is 12.5. The number of nitrogens with one attached hydrogen (secondary N) is 1. The zero-order valence-electron chi connectivity index (χ0n) is 10.7. The summed E-state index contributed by atoms with van der Waals surface area (Å²) in [5, 5.41) is 25.4. The van der Waals surface area contributed by atoms with E-state index in [2.05, 4.69) is 10.5 Å². The third kappa shape index (κ3) is 3.60. The minimum absolute atomic E-state index is 0.0813. The van der Waals surface area contributed by atoms with Crippen LogP contribution in [0.3, 0.4) is 0 Å². The second-order valence-electron chi connectivity index (χ2n) is 4.00. The van der Waals surface area contributed by atoms with Gasteiger partial charge in [-0.05, 0) is 11.6 Å². The largest absolute Gasteiger partial charge is 0.301 e. The fourth-order valence-corrected chi connectivity index (χ4v) is 1.59. The third-order valence-corrected chi connectivity index (χ3v) is 2.59. The fraction of sp³-hybridized carbons (Fsp3) is 0. The van der Waals surface area contributed by atoms with Crippen LogP contribution < -0.4 is 5.43 Å². The Kier molecular flexibility index (Phi) is 4.20. The van der Waals surface area contributed by atoms with Gasteiger partial charge in [0.25, 0.3) is 5.69 Å². The topological polar surface area (TPSA) is 111 Å². The van der Waals surface area contributed by atoms with E-state index in [-0.39, 0.29) is 11.4 Å². The molecule has 0 atom stereocenters. The lowest BCUT2D eigenvalue weighted by Crippen LogP contribution is -1.98. The lowest BCUT2D eigenvalue weighted by atomic mass is 10.2.